The molecule has 0 aliphatic rings. The largest absolute Gasteiger partial charge is 0.152 e. The summed E-state index contributed by atoms with van der Waals surface area (Å²) in [6, 6.07) is 2.33. The first-order valence-corrected chi connectivity index (χ1v) is 7.70. The zero-order valence-electron chi connectivity index (χ0n) is 11.1. The van der Waals surface area contributed by atoms with Crippen LogP contribution in [0.5, 0.6) is 0 Å². The fourth-order valence-corrected chi connectivity index (χ4v) is 3.17. The van der Waals surface area contributed by atoms with Crippen LogP contribution in [0.1, 0.15) is 71.3 Å². The van der Waals surface area contributed by atoms with Gasteiger partial charge in [0.2, 0.25) is 0 Å². The average molecular weight is 238 g/mol. The Balaban J connectivity index is 2.60. The highest BCUT2D eigenvalue weighted by Crippen LogP contribution is 2.36. The highest BCUT2D eigenvalue weighted by molar-refractivity contribution is 7.08. The van der Waals surface area contributed by atoms with Gasteiger partial charge in [-0.1, -0.05) is 52.9 Å². The van der Waals surface area contributed by atoms with Crippen molar-refractivity contribution in [1.82, 2.24) is 0 Å². The molecule has 1 heteroatoms. The highest BCUT2D eigenvalue weighted by atomic mass is 32.1. The smallest absolute Gasteiger partial charge is 0.00557 e. The monoisotopic (exact) mass is 238 g/mol. The van der Waals surface area contributed by atoms with E-state index in [2.05, 4.69) is 37.6 Å². The summed E-state index contributed by atoms with van der Waals surface area (Å²) in [6.07, 6.45) is 9.47. The molecular weight excluding hydrogens is 212 g/mol. The summed E-state index contributed by atoms with van der Waals surface area (Å²) in [5.41, 5.74) is 2.01. The van der Waals surface area contributed by atoms with Crippen LogP contribution in [0, 0.1) is 0 Å². The SMILES string of the molecule is CCCCCC(C)(CCCC)c1ccsc1. The predicted molar refractivity (Wildman–Crippen MR) is 75.3 cm³/mol. The Kier molecular flexibility index (Phi) is 6.12. The molecule has 1 unspecified atom stereocenters. The van der Waals surface area contributed by atoms with Gasteiger partial charge < -0.3 is 0 Å². The summed E-state index contributed by atoms with van der Waals surface area (Å²) >= 11 is 1.84. The van der Waals surface area contributed by atoms with Gasteiger partial charge in [-0.25, -0.2) is 0 Å². The third kappa shape index (κ3) is 3.93. The molecule has 0 amide bonds. The van der Waals surface area contributed by atoms with Gasteiger partial charge in [-0.3, -0.25) is 0 Å². The molecule has 0 saturated carbocycles. The quantitative estimate of drug-likeness (QED) is 0.504. The van der Waals surface area contributed by atoms with E-state index in [9.17, 15) is 0 Å². The Morgan fingerprint density at radius 1 is 1.06 bits per heavy atom. The summed E-state index contributed by atoms with van der Waals surface area (Å²) in [6.45, 7) is 7.04. The number of rotatable bonds is 8. The van der Waals surface area contributed by atoms with E-state index in [-0.39, 0.29) is 0 Å². The molecule has 1 heterocycles. The molecule has 0 radical (unpaired) electrons. The summed E-state index contributed by atoms with van der Waals surface area (Å²) in [4.78, 5) is 0. The lowest BCUT2D eigenvalue weighted by molar-refractivity contribution is 0.372. The van der Waals surface area contributed by atoms with E-state index in [1.54, 1.807) is 5.56 Å². The Hall–Kier alpha value is -0.300. The van der Waals surface area contributed by atoms with Crippen molar-refractivity contribution in [3.63, 3.8) is 0 Å². The van der Waals surface area contributed by atoms with Crippen LogP contribution in [0.4, 0.5) is 0 Å². The van der Waals surface area contributed by atoms with Gasteiger partial charge in [-0.2, -0.15) is 11.3 Å². The van der Waals surface area contributed by atoms with Crippen LogP contribution >= 0.6 is 11.3 Å². The average Bonchev–Trinajstić information content (AvgIpc) is 2.81. The molecule has 1 atom stereocenters. The minimum absolute atomic E-state index is 0.436. The maximum atomic E-state index is 2.46. The summed E-state index contributed by atoms with van der Waals surface area (Å²) in [7, 11) is 0. The molecule has 0 aromatic carbocycles. The van der Waals surface area contributed by atoms with Gasteiger partial charge in [0.05, 0.1) is 0 Å². The van der Waals surface area contributed by atoms with Crippen molar-refractivity contribution in [2.75, 3.05) is 0 Å². The van der Waals surface area contributed by atoms with E-state index >= 15 is 0 Å². The maximum Gasteiger partial charge on any atom is -0.00557 e. The molecule has 16 heavy (non-hydrogen) atoms. The Morgan fingerprint density at radius 3 is 2.31 bits per heavy atom. The van der Waals surface area contributed by atoms with E-state index in [0.717, 1.165) is 0 Å². The van der Waals surface area contributed by atoms with Gasteiger partial charge in [0.25, 0.3) is 0 Å². The lowest BCUT2D eigenvalue weighted by Gasteiger charge is -2.29. The molecule has 1 rings (SSSR count). The summed E-state index contributed by atoms with van der Waals surface area (Å²) < 4.78 is 0. The Labute approximate surface area is 105 Å². The first-order valence-electron chi connectivity index (χ1n) is 6.75. The highest BCUT2D eigenvalue weighted by Gasteiger charge is 2.25. The maximum absolute atomic E-state index is 2.46. The van der Waals surface area contributed by atoms with E-state index in [0.29, 0.717) is 5.41 Å². The van der Waals surface area contributed by atoms with Crippen LogP contribution in [0.2, 0.25) is 0 Å². The van der Waals surface area contributed by atoms with Gasteiger partial charge >= 0.3 is 0 Å². The van der Waals surface area contributed by atoms with Crippen molar-refractivity contribution in [2.45, 2.75) is 71.1 Å². The molecule has 92 valence electrons. The number of hydrogen-bond acceptors (Lipinski definition) is 1. The first-order chi connectivity index (χ1) is 7.73. The fourth-order valence-electron chi connectivity index (χ4n) is 2.35. The van der Waals surface area contributed by atoms with Crippen molar-refractivity contribution < 1.29 is 0 Å². The third-order valence-corrected chi connectivity index (χ3v) is 4.32. The van der Waals surface area contributed by atoms with Crippen LogP contribution in [0.15, 0.2) is 16.8 Å². The number of hydrogen-bond donors (Lipinski definition) is 0. The molecule has 0 aliphatic carbocycles. The molecule has 0 nitrogen and oxygen atoms in total. The molecule has 0 aliphatic heterocycles. The molecule has 0 saturated heterocycles. The van der Waals surface area contributed by atoms with E-state index in [1.807, 2.05) is 11.3 Å². The van der Waals surface area contributed by atoms with E-state index in [1.165, 1.54) is 44.9 Å². The molecule has 1 aromatic heterocycles. The van der Waals surface area contributed by atoms with E-state index in [4.69, 9.17) is 0 Å². The lowest BCUT2D eigenvalue weighted by Crippen LogP contribution is -2.21. The first kappa shape index (κ1) is 13.8. The summed E-state index contributed by atoms with van der Waals surface area (Å²) in [5.74, 6) is 0. The van der Waals surface area contributed by atoms with Crippen LogP contribution in [-0.4, -0.2) is 0 Å². The van der Waals surface area contributed by atoms with E-state index < -0.39 is 0 Å². The number of thiophene rings is 1. The van der Waals surface area contributed by atoms with Gasteiger partial charge in [-0.15, -0.1) is 0 Å². The number of unbranched alkanes of at least 4 members (excludes halogenated alkanes) is 3. The van der Waals surface area contributed by atoms with Gasteiger partial charge in [0, 0.05) is 0 Å². The lowest BCUT2D eigenvalue weighted by atomic mass is 9.75. The topological polar surface area (TPSA) is 0 Å². The molecule has 0 bridgehead atoms. The molecular formula is C15H26S. The van der Waals surface area contributed by atoms with Crippen molar-refractivity contribution in [3.8, 4) is 0 Å². The van der Waals surface area contributed by atoms with Gasteiger partial charge in [0.1, 0.15) is 0 Å². The van der Waals surface area contributed by atoms with Crippen molar-refractivity contribution in [3.05, 3.63) is 22.4 Å². The molecule has 0 spiro atoms. The molecule has 1 aromatic rings. The van der Waals surface area contributed by atoms with Crippen molar-refractivity contribution >= 4 is 11.3 Å². The Morgan fingerprint density at radius 2 is 1.75 bits per heavy atom. The second-order valence-corrected chi connectivity index (χ2v) is 5.91. The normalized spacial score (nSPS) is 14.9. The predicted octanol–water partition coefficient (Wildman–Crippen LogP) is 5.78. The second kappa shape index (κ2) is 7.11. The zero-order chi connectivity index (χ0) is 11.9. The van der Waals surface area contributed by atoms with Gasteiger partial charge in [-0.05, 0) is 40.6 Å². The summed E-state index contributed by atoms with van der Waals surface area (Å²) in [5, 5.41) is 4.57. The molecule has 0 fully saturated rings. The minimum Gasteiger partial charge on any atom is -0.152 e. The minimum atomic E-state index is 0.436. The molecule has 0 N–H and O–H groups in total. The van der Waals surface area contributed by atoms with Crippen molar-refractivity contribution in [1.29, 1.82) is 0 Å². The van der Waals surface area contributed by atoms with Crippen LogP contribution in [0.3, 0.4) is 0 Å². The van der Waals surface area contributed by atoms with Crippen molar-refractivity contribution in [2.24, 2.45) is 0 Å². The third-order valence-electron chi connectivity index (χ3n) is 3.63. The second-order valence-electron chi connectivity index (χ2n) is 5.13. The van der Waals surface area contributed by atoms with Gasteiger partial charge in [0.15, 0.2) is 0 Å². The fraction of sp³-hybridized carbons (Fsp3) is 0.733. The van der Waals surface area contributed by atoms with Crippen LogP contribution in [-0.2, 0) is 5.41 Å². The standard InChI is InChI=1S/C15H26S/c1-4-6-8-11-15(3,10-7-5-2)14-9-12-16-13-14/h9,12-13H,4-8,10-11H2,1-3H3. The Bertz CT molecular complexity index is 263. The zero-order valence-corrected chi connectivity index (χ0v) is 11.9. The van der Waals surface area contributed by atoms with Crippen LogP contribution in [0.25, 0.3) is 0 Å². The van der Waals surface area contributed by atoms with Crippen LogP contribution < -0.4 is 0 Å².